The van der Waals surface area contributed by atoms with Crippen molar-refractivity contribution in [1.82, 2.24) is 0 Å². The van der Waals surface area contributed by atoms with Crippen LogP contribution in [0, 0.1) is 0 Å². The molecule has 0 aromatic heterocycles. The van der Waals surface area contributed by atoms with Crippen molar-refractivity contribution in [2.45, 2.75) is 6.54 Å². The Morgan fingerprint density at radius 1 is 1.50 bits per heavy atom. The van der Waals surface area contributed by atoms with Crippen LogP contribution in [0.5, 0.6) is 11.5 Å². The van der Waals surface area contributed by atoms with E-state index in [2.05, 4.69) is 20.9 Å². The third-order valence-corrected chi connectivity index (χ3v) is 2.74. The van der Waals surface area contributed by atoms with Crippen LogP contribution in [0.2, 0.25) is 0 Å². The van der Waals surface area contributed by atoms with Crippen LogP contribution in [0.3, 0.4) is 0 Å². The molecule has 1 aliphatic rings. The van der Waals surface area contributed by atoms with E-state index in [4.69, 9.17) is 9.47 Å². The molecule has 1 aromatic rings. The quantitative estimate of drug-likeness (QED) is 0.600. The molecule has 0 amide bonds. The molecule has 0 bridgehead atoms. The number of ether oxygens (including phenoxy) is 2. The van der Waals surface area contributed by atoms with Gasteiger partial charge in [0.05, 0.1) is 11.0 Å². The highest BCUT2D eigenvalue weighted by atomic mass is 79.9. The van der Waals surface area contributed by atoms with Gasteiger partial charge in [-0.05, 0) is 27.6 Å². The van der Waals surface area contributed by atoms with E-state index in [0.717, 1.165) is 10.0 Å². The lowest BCUT2D eigenvalue weighted by Gasteiger charge is -2.03. The van der Waals surface area contributed by atoms with Crippen molar-refractivity contribution in [1.29, 1.82) is 0 Å². The summed E-state index contributed by atoms with van der Waals surface area (Å²) in [7, 11) is 0. The van der Waals surface area contributed by atoms with E-state index in [1.807, 2.05) is 6.07 Å². The minimum atomic E-state index is 0.230. The van der Waals surface area contributed by atoms with Gasteiger partial charge in [-0.3, -0.25) is 0 Å². The molecule has 0 saturated carbocycles. The molecule has 14 heavy (non-hydrogen) atoms. The Morgan fingerprint density at radius 3 is 3.14 bits per heavy atom. The van der Waals surface area contributed by atoms with Crippen molar-refractivity contribution < 1.29 is 14.3 Å². The standard InChI is InChI=1S/C9H6BrNO3/c10-8-6(3-11-4-12)1-2-7-9(8)14-5-13-7/h1-2H,3,5H2. The zero-order valence-corrected chi connectivity index (χ0v) is 8.70. The second-order valence-electron chi connectivity index (χ2n) is 2.68. The Bertz CT molecular complexity index is 413. The molecule has 1 aliphatic heterocycles. The molecule has 0 atom stereocenters. The first-order chi connectivity index (χ1) is 6.83. The summed E-state index contributed by atoms with van der Waals surface area (Å²) in [6.07, 6.45) is 1.49. The predicted octanol–water partition coefficient (Wildman–Crippen LogP) is 2.01. The lowest BCUT2D eigenvalue weighted by atomic mass is 10.2. The molecule has 0 fully saturated rings. The number of isocyanates is 1. The third kappa shape index (κ3) is 1.52. The average Bonchev–Trinajstić information content (AvgIpc) is 2.66. The van der Waals surface area contributed by atoms with E-state index in [9.17, 15) is 4.79 Å². The summed E-state index contributed by atoms with van der Waals surface area (Å²) in [5.74, 6) is 1.37. The summed E-state index contributed by atoms with van der Waals surface area (Å²) < 4.78 is 11.2. The number of hydrogen-bond acceptors (Lipinski definition) is 4. The van der Waals surface area contributed by atoms with Crippen molar-refractivity contribution >= 4 is 22.0 Å². The van der Waals surface area contributed by atoms with E-state index in [-0.39, 0.29) is 6.79 Å². The van der Waals surface area contributed by atoms with Crippen LogP contribution >= 0.6 is 15.9 Å². The maximum atomic E-state index is 9.96. The van der Waals surface area contributed by atoms with E-state index in [0.29, 0.717) is 18.0 Å². The molecule has 0 spiro atoms. The van der Waals surface area contributed by atoms with E-state index in [1.165, 1.54) is 6.08 Å². The number of fused-ring (bicyclic) bond motifs is 1. The highest BCUT2D eigenvalue weighted by molar-refractivity contribution is 9.10. The molecule has 5 heteroatoms. The Balaban J connectivity index is 2.39. The number of hydrogen-bond donors (Lipinski definition) is 0. The van der Waals surface area contributed by atoms with Gasteiger partial charge in [0, 0.05) is 0 Å². The average molecular weight is 256 g/mol. The Morgan fingerprint density at radius 2 is 2.36 bits per heavy atom. The van der Waals surface area contributed by atoms with Crippen molar-refractivity contribution in [2.24, 2.45) is 4.99 Å². The molecule has 0 unspecified atom stereocenters. The van der Waals surface area contributed by atoms with Crippen LogP contribution in [0.1, 0.15) is 5.56 Å². The lowest BCUT2D eigenvalue weighted by Crippen LogP contribution is -1.93. The molecular formula is C9H6BrNO3. The summed E-state index contributed by atoms with van der Waals surface area (Å²) in [6.45, 7) is 0.523. The van der Waals surface area contributed by atoms with Gasteiger partial charge < -0.3 is 9.47 Å². The number of benzene rings is 1. The monoisotopic (exact) mass is 255 g/mol. The maximum absolute atomic E-state index is 9.96. The Hall–Kier alpha value is -1.32. The van der Waals surface area contributed by atoms with Gasteiger partial charge >= 0.3 is 0 Å². The summed E-state index contributed by atoms with van der Waals surface area (Å²) >= 11 is 3.37. The smallest absolute Gasteiger partial charge is 0.235 e. The minimum absolute atomic E-state index is 0.230. The van der Waals surface area contributed by atoms with Crippen molar-refractivity contribution in [3.05, 3.63) is 22.2 Å². The van der Waals surface area contributed by atoms with Crippen molar-refractivity contribution in [3.63, 3.8) is 0 Å². The fourth-order valence-electron chi connectivity index (χ4n) is 1.22. The lowest BCUT2D eigenvalue weighted by molar-refractivity contribution is 0.173. The highest BCUT2D eigenvalue weighted by Crippen LogP contribution is 2.41. The van der Waals surface area contributed by atoms with Gasteiger partial charge in [0.15, 0.2) is 11.5 Å². The topological polar surface area (TPSA) is 47.9 Å². The SMILES string of the molecule is O=C=NCc1ccc2c(c1Br)OCO2. The Labute approximate surface area is 88.7 Å². The number of nitrogens with zero attached hydrogens (tertiary/aromatic N) is 1. The van der Waals surface area contributed by atoms with Crippen molar-refractivity contribution in [2.75, 3.05) is 6.79 Å². The first-order valence-corrected chi connectivity index (χ1v) is 4.73. The highest BCUT2D eigenvalue weighted by Gasteiger charge is 2.18. The van der Waals surface area contributed by atoms with Crippen LogP contribution < -0.4 is 9.47 Å². The molecule has 0 radical (unpaired) electrons. The van der Waals surface area contributed by atoms with Gasteiger partial charge in [-0.25, -0.2) is 9.79 Å². The Kier molecular flexibility index (Phi) is 2.52. The zero-order chi connectivity index (χ0) is 9.97. The van der Waals surface area contributed by atoms with E-state index in [1.54, 1.807) is 6.07 Å². The van der Waals surface area contributed by atoms with Crippen LogP contribution in [-0.2, 0) is 11.3 Å². The van der Waals surface area contributed by atoms with E-state index < -0.39 is 0 Å². The number of halogens is 1. The van der Waals surface area contributed by atoms with Crippen molar-refractivity contribution in [3.8, 4) is 11.5 Å². The van der Waals surface area contributed by atoms with Crippen LogP contribution in [0.15, 0.2) is 21.6 Å². The number of carbonyl (C=O) groups excluding carboxylic acids is 1. The summed E-state index contributed by atoms with van der Waals surface area (Å²) in [4.78, 5) is 13.5. The molecule has 0 aliphatic carbocycles. The summed E-state index contributed by atoms with van der Waals surface area (Å²) in [6, 6.07) is 3.63. The van der Waals surface area contributed by atoms with Gasteiger partial charge in [-0.15, -0.1) is 0 Å². The molecule has 4 nitrogen and oxygen atoms in total. The first-order valence-electron chi connectivity index (χ1n) is 3.93. The molecule has 2 rings (SSSR count). The predicted molar refractivity (Wildman–Crippen MR) is 52.1 cm³/mol. The molecule has 0 saturated heterocycles. The molecular weight excluding hydrogens is 250 g/mol. The van der Waals surface area contributed by atoms with E-state index >= 15 is 0 Å². The van der Waals surface area contributed by atoms with Crippen LogP contribution in [0.25, 0.3) is 0 Å². The van der Waals surface area contributed by atoms with Gasteiger partial charge in [0.1, 0.15) is 0 Å². The van der Waals surface area contributed by atoms with Gasteiger partial charge in [-0.1, -0.05) is 6.07 Å². The normalized spacial score (nSPS) is 12.4. The van der Waals surface area contributed by atoms with Crippen LogP contribution in [-0.4, -0.2) is 12.9 Å². The van der Waals surface area contributed by atoms with Gasteiger partial charge in [0.2, 0.25) is 12.9 Å². The molecule has 72 valence electrons. The summed E-state index contributed by atoms with van der Waals surface area (Å²) in [5, 5.41) is 0. The minimum Gasteiger partial charge on any atom is -0.454 e. The third-order valence-electron chi connectivity index (χ3n) is 1.87. The first kappa shape index (κ1) is 9.24. The van der Waals surface area contributed by atoms with Crippen LogP contribution in [0.4, 0.5) is 0 Å². The number of rotatable bonds is 2. The molecule has 1 heterocycles. The fourth-order valence-corrected chi connectivity index (χ4v) is 1.79. The maximum Gasteiger partial charge on any atom is 0.235 e. The second-order valence-corrected chi connectivity index (χ2v) is 3.47. The molecule has 0 N–H and O–H groups in total. The van der Waals surface area contributed by atoms with Gasteiger partial charge in [-0.2, -0.15) is 0 Å². The number of aliphatic imine (C=N–C) groups is 1. The second kappa shape index (κ2) is 3.82. The summed E-state index contributed by atoms with van der Waals surface area (Å²) in [5.41, 5.74) is 0.873. The zero-order valence-electron chi connectivity index (χ0n) is 7.12. The largest absolute Gasteiger partial charge is 0.454 e. The fraction of sp³-hybridized carbons (Fsp3) is 0.222. The molecule has 1 aromatic carbocycles. The van der Waals surface area contributed by atoms with Gasteiger partial charge in [0.25, 0.3) is 0 Å².